The van der Waals surface area contributed by atoms with E-state index >= 15 is 0 Å². The van der Waals surface area contributed by atoms with Crippen molar-refractivity contribution in [3.05, 3.63) is 118 Å². The van der Waals surface area contributed by atoms with Crippen molar-refractivity contribution in [1.82, 2.24) is 10.2 Å². The summed E-state index contributed by atoms with van der Waals surface area (Å²) in [6.07, 6.45) is 0.876. The average molecular weight is 735 g/mol. The van der Waals surface area contributed by atoms with Crippen LogP contribution >= 0.6 is 0 Å². The Bertz CT molecular complexity index is 1760. The zero-order chi connectivity index (χ0) is 38.4. The van der Waals surface area contributed by atoms with Gasteiger partial charge >= 0.3 is 12.2 Å². The monoisotopic (exact) mass is 734 g/mol. The van der Waals surface area contributed by atoms with Gasteiger partial charge in [0.15, 0.2) is 5.78 Å². The first kappa shape index (κ1) is 40.2. The number of rotatable bonds is 10. The Hall–Kier alpha value is -3.99. The molecule has 53 heavy (non-hydrogen) atoms. The Morgan fingerprint density at radius 2 is 1.79 bits per heavy atom. The summed E-state index contributed by atoms with van der Waals surface area (Å²) in [7, 11) is 1.60. The Balaban J connectivity index is 1.56. The molecule has 1 saturated carbocycles. The minimum Gasteiger partial charge on any atom is -0.393 e. The normalized spacial score (nSPS) is 24.1. The third-order valence-electron chi connectivity index (χ3n) is 11.5. The molecule has 0 aromatic heterocycles. The SMILES string of the molecule is COCCCN(C[C@]1(O)CC[C@H]2c3ccc(cc3C(=O)c3cccc(C(F)(F)F)c3)C[C@@H](O)CCC(C)=CCC[C@@]21C)C(=O)N[C@H](C)c1ccccc1. The van der Waals surface area contributed by atoms with Crippen LogP contribution in [0.1, 0.15) is 116 Å². The summed E-state index contributed by atoms with van der Waals surface area (Å²) in [6.45, 7) is 6.80. The Kier molecular flexibility index (Phi) is 12.9. The fourth-order valence-corrected chi connectivity index (χ4v) is 8.26. The van der Waals surface area contributed by atoms with Crippen LogP contribution in [0.2, 0.25) is 0 Å². The number of halogens is 3. The molecule has 2 bridgehead atoms. The number of ether oxygens (including phenoxy) is 1. The zero-order valence-electron chi connectivity index (χ0n) is 31.2. The highest BCUT2D eigenvalue weighted by Gasteiger charge is 2.57. The molecule has 2 amide bonds. The van der Waals surface area contributed by atoms with Crippen LogP contribution in [0.15, 0.2) is 84.4 Å². The molecule has 3 aliphatic carbocycles. The van der Waals surface area contributed by atoms with Crippen LogP contribution in [-0.2, 0) is 17.3 Å². The van der Waals surface area contributed by atoms with Gasteiger partial charge in [0.25, 0.3) is 0 Å². The van der Waals surface area contributed by atoms with E-state index in [4.69, 9.17) is 4.74 Å². The number of fused-ring (bicyclic) bond motifs is 8. The highest BCUT2D eigenvalue weighted by Crippen LogP contribution is 2.59. The molecule has 0 saturated heterocycles. The fraction of sp³-hybridized carbons (Fsp3) is 0.488. The number of carbonyl (C=O) groups excluding carboxylic acids is 2. The van der Waals surface area contributed by atoms with E-state index in [0.717, 1.165) is 23.3 Å². The first-order chi connectivity index (χ1) is 25.1. The van der Waals surface area contributed by atoms with Crippen LogP contribution in [-0.4, -0.2) is 65.4 Å². The number of amides is 2. The topological polar surface area (TPSA) is 99.1 Å². The second-order valence-corrected chi connectivity index (χ2v) is 15.2. The number of nitrogens with zero attached hydrogens (tertiary/aromatic N) is 1. The summed E-state index contributed by atoms with van der Waals surface area (Å²) < 4.78 is 46.6. The molecule has 6 rings (SSSR count). The van der Waals surface area contributed by atoms with Crippen molar-refractivity contribution >= 4 is 11.8 Å². The fourth-order valence-electron chi connectivity index (χ4n) is 8.26. The second-order valence-electron chi connectivity index (χ2n) is 15.2. The number of benzene rings is 3. The number of ketones is 1. The molecule has 1 fully saturated rings. The summed E-state index contributed by atoms with van der Waals surface area (Å²) >= 11 is 0. The van der Waals surface area contributed by atoms with E-state index in [1.54, 1.807) is 18.1 Å². The van der Waals surface area contributed by atoms with Gasteiger partial charge in [-0.15, -0.1) is 0 Å². The van der Waals surface area contributed by atoms with E-state index in [1.165, 1.54) is 12.1 Å². The van der Waals surface area contributed by atoms with Gasteiger partial charge in [0.05, 0.1) is 29.9 Å². The van der Waals surface area contributed by atoms with Gasteiger partial charge in [-0.2, -0.15) is 13.2 Å². The Morgan fingerprint density at radius 3 is 2.51 bits per heavy atom. The number of aliphatic hydroxyl groups is 2. The van der Waals surface area contributed by atoms with Crippen LogP contribution < -0.4 is 5.32 Å². The Morgan fingerprint density at radius 1 is 1.04 bits per heavy atom. The van der Waals surface area contributed by atoms with E-state index in [2.05, 4.69) is 11.4 Å². The summed E-state index contributed by atoms with van der Waals surface area (Å²) in [6, 6.07) is 19.0. The molecular formula is C43H53F3N2O5. The van der Waals surface area contributed by atoms with Crippen molar-refractivity contribution in [3.63, 3.8) is 0 Å². The summed E-state index contributed by atoms with van der Waals surface area (Å²) in [5, 5.41) is 26.9. The number of hydrogen-bond donors (Lipinski definition) is 3. The molecule has 10 heteroatoms. The van der Waals surface area contributed by atoms with Gasteiger partial charge in [0.2, 0.25) is 0 Å². The van der Waals surface area contributed by atoms with Crippen LogP contribution in [0, 0.1) is 5.41 Å². The van der Waals surface area contributed by atoms with Crippen molar-refractivity contribution in [2.75, 3.05) is 26.8 Å². The quantitative estimate of drug-likeness (QED) is 0.110. The number of carbonyl (C=O) groups is 2. The van der Waals surface area contributed by atoms with Crippen molar-refractivity contribution in [1.29, 1.82) is 0 Å². The minimum atomic E-state index is -4.62. The number of aliphatic hydroxyl groups excluding tert-OH is 1. The highest BCUT2D eigenvalue weighted by molar-refractivity contribution is 6.10. The van der Waals surface area contributed by atoms with Gasteiger partial charge in [-0.1, -0.05) is 73.2 Å². The Labute approximate surface area is 311 Å². The average Bonchev–Trinajstić information content (AvgIpc) is 3.38. The van der Waals surface area contributed by atoms with E-state index in [1.807, 2.05) is 63.2 Å². The lowest BCUT2D eigenvalue weighted by atomic mass is 9.64. The lowest BCUT2D eigenvalue weighted by Crippen LogP contribution is -2.55. The maximum absolute atomic E-state index is 14.3. The molecule has 0 radical (unpaired) electrons. The van der Waals surface area contributed by atoms with Crippen molar-refractivity contribution < 1.29 is 37.7 Å². The van der Waals surface area contributed by atoms with Crippen LogP contribution in [0.5, 0.6) is 0 Å². The van der Waals surface area contributed by atoms with E-state index < -0.39 is 34.6 Å². The lowest BCUT2D eigenvalue weighted by molar-refractivity contribution is -0.137. The van der Waals surface area contributed by atoms with Crippen molar-refractivity contribution in [2.24, 2.45) is 5.41 Å². The first-order valence-electron chi connectivity index (χ1n) is 18.7. The third kappa shape index (κ3) is 9.39. The van der Waals surface area contributed by atoms with Gasteiger partial charge < -0.3 is 25.2 Å². The molecule has 3 aliphatic rings. The predicted octanol–water partition coefficient (Wildman–Crippen LogP) is 8.78. The van der Waals surface area contributed by atoms with Crippen molar-refractivity contribution in [2.45, 2.75) is 102 Å². The number of urea groups is 1. The van der Waals surface area contributed by atoms with E-state index in [0.29, 0.717) is 69.2 Å². The zero-order valence-corrected chi connectivity index (χ0v) is 31.2. The smallest absolute Gasteiger partial charge is 0.393 e. The van der Waals surface area contributed by atoms with Gasteiger partial charge in [0.1, 0.15) is 0 Å². The van der Waals surface area contributed by atoms with Crippen LogP contribution in [0.25, 0.3) is 0 Å². The van der Waals surface area contributed by atoms with Gasteiger partial charge in [-0.25, -0.2) is 4.79 Å². The molecule has 7 nitrogen and oxygen atoms in total. The standard InChI is InChI=1S/C43H53F3N2O5/c1-29-11-9-21-41(3)38(20-22-42(41,52)28-48(23-10-24-53-4)40(51)47-30(2)32-12-6-5-7-13-32)36-19-17-31(25-35(49)18-16-29)26-37(36)39(50)33-14-8-15-34(27-33)43(44,45)46/h5-8,11-15,17,19,26-27,30,35,38,49,52H,9-10,16,18,20-25,28H2,1-4H3,(H,47,51)/t30-,35+,38+,41+,42-/m1/s1. The number of methoxy groups -OCH3 is 1. The molecule has 0 unspecified atom stereocenters. The highest BCUT2D eigenvalue weighted by atomic mass is 19.4. The molecule has 0 spiro atoms. The lowest BCUT2D eigenvalue weighted by Gasteiger charge is -2.46. The van der Waals surface area contributed by atoms with Crippen LogP contribution in [0.3, 0.4) is 0 Å². The molecular weight excluding hydrogens is 681 g/mol. The number of allylic oxidation sites excluding steroid dienone is 2. The molecule has 0 aliphatic heterocycles. The molecule has 3 aromatic rings. The second kappa shape index (κ2) is 17.0. The van der Waals surface area contributed by atoms with E-state index in [9.17, 15) is 33.0 Å². The molecule has 286 valence electrons. The molecule has 3 aromatic carbocycles. The summed E-state index contributed by atoms with van der Waals surface area (Å²) in [5.74, 6) is -0.904. The van der Waals surface area contributed by atoms with Crippen LogP contribution in [0.4, 0.5) is 18.0 Å². The van der Waals surface area contributed by atoms with E-state index in [-0.39, 0.29) is 42.1 Å². The maximum Gasteiger partial charge on any atom is 0.416 e. The third-order valence-corrected chi connectivity index (χ3v) is 11.5. The van der Waals surface area contributed by atoms with Gasteiger partial charge in [-0.05, 0) is 106 Å². The van der Waals surface area contributed by atoms with Gasteiger partial charge in [0, 0.05) is 36.8 Å². The van der Waals surface area contributed by atoms with Gasteiger partial charge in [-0.3, -0.25) is 4.79 Å². The molecule has 5 atom stereocenters. The predicted molar refractivity (Wildman–Crippen MR) is 200 cm³/mol. The molecule has 0 heterocycles. The number of hydrogen-bond acceptors (Lipinski definition) is 5. The number of alkyl halides is 3. The first-order valence-corrected chi connectivity index (χ1v) is 18.7. The maximum atomic E-state index is 14.3. The molecule has 3 N–H and O–H groups in total. The van der Waals surface area contributed by atoms with Crippen molar-refractivity contribution in [3.8, 4) is 0 Å². The minimum absolute atomic E-state index is 0.0426. The largest absolute Gasteiger partial charge is 0.416 e. The summed E-state index contributed by atoms with van der Waals surface area (Å²) in [4.78, 5) is 29.9. The summed E-state index contributed by atoms with van der Waals surface area (Å²) in [5.41, 5.74) is 0.499. The number of nitrogens with one attached hydrogen (secondary N) is 1.